The summed E-state index contributed by atoms with van der Waals surface area (Å²) in [7, 11) is 0. The molecule has 28 heavy (non-hydrogen) atoms. The minimum Gasteiger partial charge on any atom is -0.493 e. The normalized spacial score (nSPS) is 15.8. The largest absolute Gasteiger partial charge is 0.493 e. The van der Waals surface area contributed by atoms with Gasteiger partial charge in [0.05, 0.1) is 12.0 Å². The van der Waals surface area contributed by atoms with Crippen LogP contribution in [-0.2, 0) is 10.2 Å². The number of hydrogen-bond donors (Lipinski definition) is 1. The molecule has 0 spiro atoms. The van der Waals surface area contributed by atoms with Gasteiger partial charge in [0.2, 0.25) is 5.91 Å². The van der Waals surface area contributed by atoms with Gasteiger partial charge in [0, 0.05) is 5.69 Å². The van der Waals surface area contributed by atoms with Crippen LogP contribution in [0.2, 0.25) is 0 Å². The first-order valence-corrected chi connectivity index (χ1v) is 10.7. The van der Waals surface area contributed by atoms with Crippen molar-refractivity contribution in [3.63, 3.8) is 0 Å². The molecule has 150 valence electrons. The van der Waals surface area contributed by atoms with Crippen molar-refractivity contribution < 1.29 is 9.53 Å². The second-order valence-corrected chi connectivity index (χ2v) is 8.10. The quantitative estimate of drug-likeness (QED) is 0.571. The van der Waals surface area contributed by atoms with Crippen molar-refractivity contribution in [3.05, 3.63) is 59.2 Å². The standard InChI is InChI=1S/C25H33NO2/c1-4-5-16-28-23-19(2)17-22(18-20(23)3)26-24(27)25(14-10-7-11-15-25)21-12-8-6-9-13-21/h6,8-9,12-13,17-18H,4-5,7,10-11,14-16H2,1-3H3,(H,26,27). The summed E-state index contributed by atoms with van der Waals surface area (Å²) >= 11 is 0. The lowest BCUT2D eigenvalue weighted by atomic mass is 9.68. The number of carbonyl (C=O) groups is 1. The number of rotatable bonds is 7. The Morgan fingerprint density at radius 1 is 1.04 bits per heavy atom. The van der Waals surface area contributed by atoms with E-state index in [9.17, 15) is 4.79 Å². The van der Waals surface area contributed by atoms with Crippen LogP contribution in [0, 0.1) is 13.8 Å². The second kappa shape index (κ2) is 9.27. The van der Waals surface area contributed by atoms with Gasteiger partial charge >= 0.3 is 0 Å². The van der Waals surface area contributed by atoms with E-state index in [1.807, 2.05) is 30.3 Å². The first-order chi connectivity index (χ1) is 13.6. The van der Waals surface area contributed by atoms with Crippen molar-refractivity contribution in [2.24, 2.45) is 0 Å². The van der Waals surface area contributed by atoms with Gasteiger partial charge in [-0.1, -0.05) is 62.9 Å². The fraction of sp³-hybridized carbons (Fsp3) is 0.480. The molecule has 1 amide bonds. The van der Waals surface area contributed by atoms with Crippen LogP contribution in [0.25, 0.3) is 0 Å². The van der Waals surface area contributed by atoms with Crippen LogP contribution in [-0.4, -0.2) is 12.5 Å². The Kier molecular flexibility index (Phi) is 6.77. The minimum absolute atomic E-state index is 0.122. The molecule has 0 saturated heterocycles. The van der Waals surface area contributed by atoms with E-state index >= 15 is 0 Å². The molecular weight excluding hydrogens is 346 g/mol. The summed E-state index contributed by atoms with van der Waals surface area (Å²) in [5, 5.41) is 3.23. The van der Waals surface area contributed by atoms with Crippen molar-refractivity contribution in [3.8, 4) is 5.75 Å². The van der Waals surface area contributed by atoms with Crippen molar-refractivity contribution in [2.45, 2.75) is 71.1 Å². The zero-order valence-corrected chi connectivity index (χ0v) is 17.5. The Balaban J connectivity index is 1.82. The van der Waals surface area contributed by atoms with Gasteiger partial charge in [0.1, 0.15) is 5.75 Å². The summed E-state index contributed by atoms with van der Waals surface area (Å²) in [4.78, 5) is 13.5. The molecule has 3 heteroatoms. The Morgan fingerprint density at radius 3 is 2.29 bits per heavy atom. The van der Waals surface area contributed by atoms with Crippen LogP contribution >= 0.6 is 0 Å². The van der Waals surface area contributed by atoms with E-state index in [0.717, 1.165) is 73.3 Å². The number of hydrogen-bond acceptors (Lipinski definition) is 2. The summed E-state index contributed by atoms with van der Waals surface area (Å²) in [5.74, 6) is 1.07. The molecule has 1 fully saturated rings. The van der Waals surface area contributed by atoms with Crippen molar-refractivity contribution in [1.82, 2.24) is 0 Å². The first kappa shape index (κ1) is 20.4. The molecule has 0 bridgehead atoms. The molecule has 0 radical (unpaired) electrons. The van der Waals surface area contributed by atoms with E-state index in [0.29, 0.717) is 0 Å². The number of nitrogens with one attached hydrogen (secondary N) is 1. The fourth-order valence-corrected chi connectivity index (χ4v) is 4.38. The third-order valence-electron chi connectivity index (χ3n) is 5.93. The third kappa shape index (κ3) is 4.40. The maximum absolute atomic E-state index is 13.5. The van der Waals surface area contributed by atoms with Crippen LogP contribution in [0.15, 0.2) is 42.5 Å². The third-order valence-corrected chi connectivity index (χ3v) is 5.93. The maximum Gasteiger partial charge on any atom is 0.235 e. The Bertz CT molecular complexity index is 768. The number of ether oxygens (including phenoxy) is 1. The van der Waals surface area contributed by atoms with E-state index in [-0.39, 0.29) is 5.91 Å². The zero-order chi connectivity index (χ0) is 20.0. The molecule has 0 aliphatic heterocycles. The topological polar surface area (TPSA) is 38.3 Å². The number of anilines is 1. The number of carbonyl (C=O) groups excluding carboxylic acids is 1. The smallest absolute Gasteiger partial charge is 0.235 e. The number of unbranched alkanes of at least 4 members (excludes halogenated alkanes) is 1. The zero-order valence-electron chi connectivity index (χ0n) is 17.5. The molecule has 1 N–H and O–H groups in total. The summed E-state index contributed by atoms with van der Waals surface area (Å²) in [6.07, 6.45) is 7.42. The van der Waals surface area contributed by atoms with Crippen LogP contribution in [0.4, 0.5) is 5.69 Å². The summed E-state index contributed by atoms with van der Waals surface area (Å²) < 4.78 is 5.96. The molecular formula is C25H33NO2. The summed E-state index contributed by atoms with van der Waals surface area (Å²) in [5.41, 5.74) is 3.73. The molecule has 2 aromatic carbocycles. The van der Waals surface area contributed by atoms with Crippen molar-refractivity contribution in [2.75, 3.05) is 11.9 Å². The monoisotopic (exact) mass is 379 g/mol. The lowest BCUT2D eigenvalue weighted by Gasteiger charge is -2.36. The lowest BCUT2D eigenvalue weighted by Crippen LogP contribution is -2.42. The van der Waals surface area contributed by atoms with Crippen LogP contribution in [0.5, 0.6) is 5.75 Å². The molecule has 1 aliphatic carbocycles. The van der Waals surface area contributed by atoms with E-state index in [2.05, 4.69) is 38.2 Å². The first-order valence-electron chi connectivity index (χ1n) is 10.7. The molecule has 2 aromatic rings. The van der Waals surface area contributed by atoms with Crippen molar-refractivity contribution in [1.29, 1.82) is 0 Å². The Hall–Kier alpha value is -2.29. The average molecular weight is 380 g/mol. The molecule has 1 saturated carbocycles. The SMILES string of the molecule is CCCCOc1c(C)cc(NC(=O)C2(c3ccccc3)CCCCC2)cc1C. The number of benzene rings is 2. The van der Waals surface area contributed by atoms with E-state index in [1.165, 1.54) is 6.42 Å². The van der Waals surface area contributed by atoms with Crippen molar-refractivity contribution >= 4 is 11.6 Å². The van der Waals surface area contributed by atoms with Gasteiger partial charge in [0.25, 0.3) is 0 Å². The van der Waals surface area contributed by atoms with Crippen LogP contribution < -0.4 is 10.1 Å². The maximum atomic E-state index is 13.5. The molecule has 0 unspecified atom stereocenters. The van der Waals surface area contributed by atoms with Gasteiger partial charge in [-0.15, -0.1) is 0 Å². The van der Waals surface area contributed by atoms with Gasteiger partial charge in [0.15, 0.2) is 0 Å². The highest BCUT2D eigenvalue weighted by atomic mass is 16.5. The highest BCUT2D eigenvalue weighted by molar-refractivity contribution is 5.99. The molecule has 0 atom stereocenters. The minimum atomic E-state index is -0.419. The van der Waals surface area contributed by atoms with Gasteiger partial charge in [-0.05, 0) is 61.9 Å². The van der Waals surface area contributed by atoms with Gasteiger partial charge in [-0.25, -0.2) is 0 Å². The molecule has 1 aliphatic rings. The summed E-state index contributed by atoms with van der Waals surface area (Å²) in [6, 6.07) is 14.4. The Labute approximate surface area is 169 Å². The highest BCUT2D eigenvalue weighted by Crippen LogP contribution is 2.40. The van der Waals surface area contributed by atoms with Gasteiger partial charge in [-0.3, -0.25) is 4.79 Å². The fourth-order valence-electron chi connectivity index (χ4n) is 4.38. The second-order valence-electron chi connectivity index (χ2n) is 8.10. The predicted molar refractivity (Wildman–Crippen MR) is 116 cm³/mol. The highest BCUT2D eigenvalue weighted by Gasteiger charge is 2.41. The van der Waals surface area contributed by atoms with E-state index in [4.69, 9.17) is 4.74 Å². The van der Waals surface area contributed by atoms with Gasteiger partial charge in [-0.2, -0.15) is 0 Å². The molecule has 3 nitrogen and oxygen atoms in total. The molecule has 0 aromatic heterocycles. The number of amides is 1. The summed E-state index contributed by atoms with van der Waals surface area (Å²) in [6.45, 7) is 7.01. The number of aryl methyl sites for hydroxylation is 2. The average Bonchev–Trinajstić information content (AvgIpc) is 2.71. The molecule has 3 rings (SSSR count). The Morgan fingerprint density at radius 2 is 1.68 bits per heavy atom. The molecule has 0 heterocycles. The van der Waals surface area contributed by atoms with E-state index < -0.39 is 5.41 Å². The van der Waals surface area contributed by atoms with Crippen LogP contribution in [0.3, 0.4) is 0 Å². The van der Waals surface area contributed by atoms with Gasteiger partial charge < -0.3 is 10.1 Å². The van der Waals surface area contributed by atoms with E-state index in [1.54, 1.807) is 0 Å². The lowest BCUT2D eigenvalue weighted by molar-refractivity contribution is -0.122. The van der Waals surface area contributed by atoms with Crippen LogP contribution in [0.1, 0.15) is 68.6 Å². The predicted octanol–water partition coefficient (Wildman–Crippen LogP) is 6.32.